The maximum Gasteiger partial charge on any atom is 0.127 e. The van der Waals surface area contributed by atoms with Gasteiger partial charge in [-0.2, -0.15) is 5.10 Å². The van der Waals surface area contributed by atoms with E-state index in [1.165, 1.54) is 0 Å². The molecule has 5 heteroatoms. The van der Waals surface area contributed by atoms with Crippen molar-refractivity contribution in [2.45, 2.75) is 19.5 Å². The Balaban J connectivity index is 2.34. The first-order valence-corrected chi connectivity index (χ1v) is 6.19. The lowest BCUT2D eigenvalue weighted by molar-refractivity contribution is 0.390. The highest BCUT2D eigenvalue weighted by atomic mass is 16.5. The van der Waals surface area contributed by atoms with Gasteiger partial charge in [0, 0.05) is 29.9 Å². The fourth-order valence-electron chi connectivity index (χ4n) is 1.97. The summed E-state index contributed by atoms with van der Waals surface area (Å²) in [6.45, 7) is 2.86. The second-order valence-electron chi connectivity index (χ2n) is 4.21. The topological polar surface area (TPSA) is 62.3 Å². The first kappa shape index (κ1) is 13.4. The molecule has 2 rings (SSSR count). The highest BCUT2D eigenvalue weighted by Crippen LogP contribution is 2.31. The van der Waals surface area contributed by atoms with Crippen LogP contribution in [-0.4, -0.2) is 24.0 Å². The van der Waals surface area contributed by atoms with Crippen molar-refractivity contribution < 1.29 is 9.47 Å². The average Bonchev–Trinajstić information content (AvgIpc) is 2.94. The molecule has 0 spiro atoms. The molecule has 0 amide bonds. The minimum absolute atomic E-state index is 0.263. The normalized spacial score (nSPS) is 12.2. The van der Waals surface area contributed by atoms with Crippen LogP contribution in [0.4, 0.5) is 0 Å². The van der Waals surface area contributed by atoms with Crippen LogP contribution in [0.25, 0.3) is 0 Å². The lowest BCUT2D eigenvalue weighted by atomic mass is 10.0. The number of ether oxygens (including phenoxy) is 2. The summed E-state index contributed by atoms with van der Waals surface area (Å²) in [5.74, 6) is 1.47. The number of aromatic nitrogens is 2. The number of nitrogens with two attached hydrogens (primary N) is 1. The van der Waals surface area contributed by atoms with E-state index in [0.29, 0.717) is 0 Å². The molecule has 1 aromatic heterocycles. The van der Waals surface area contributed by atoms with Crippen LogP contribution in [0.3, 0.4) is 0 Å². The number of aryl methyl sites for hydroxylation is 1. The van der Waals surface area contributed by atoms with Gasteiger partial charge in [-0.1, -0.05) is 0 Å². The fraction of sp³-hybridized carbons (Fsp3) is 0.357. The zero-order valence-electron chi connectivity index (χ0n) is 11.5. The molecular formula is C14H19N3O2. The van der Waals surface area contributed by atoms with Gasteiger partial charge < -0.3 is 15.2 Å². The third-order valence-corrected chi connectivity index (χ3v) is 3.11. The lowest BCUT2D eigenvalue weighted by Gasteiger charge is -2.15. The second kappa shape index (κ2) is 5.75. The van der Waals surface area contributed by atoms with Gasteiger partial charge in [0.1, 0.15) is 11.5 Å². The summed E-state index contributed by atoms with van der Waals surface area (Å²) in [6.07, 6.45) is 3.74. The molecule has 0 aliphatic carbocycles. The maximum absolute atomic E-state index is 6.28. The van der Waals surface area contributed by atoms with Crippen molar-refractivity contribution in [3.63, 3.8) is 0 Å². The van der Waals surface area contributed by atoms with Crippen molar-refractivity contribution in [2.75, 3.05) is 14.2 Å². The number of nitrogens with zero attached hydrogens (tertiary/aromatic N) is 2. The van der Waals surface area contributed by atoms with E-state index >= 15 is 0 Å². The molecule has 0 fully saturated rings. The quantitative estimate of drug-likeness (QED) is 0.893. The van der Waals surface area contributed by atoms with E-state index in [9.17, 15) is 0 Å². The first-order chi connectivity index (χ1) is 9.19. The molecule has 2 aromatic rings. The predicted octanol–water partition coefficient (Wildman–Crippen LogP) is 1.97. The maximum atomic E-state index is 6.28. The summed E-state index contributed by atoms with van der Waals surface area (Å²) >= 11 is 0. The number of rotatable bonds is 5. The Labute approximate surface area is 112 Å². The van der Waals surface area contributed by atoms with Crippen molar-refractivity contribution in [2.24, 2.45) is 5.73 Å². The van der Waals surface area contributed by atoms with Crippen molar-refractivity contribution in [1.82, 2.24) is 9.78 Å². The highest BCUT2D eigenvalue weighted by molar-refractivity contribution is 5.45. The minimum Gasteiger partial charge on any atom is -0.497 e. The van der Waals surface area contributed by atoms with E-state index in [1.54, 1.807) is 20.4 Å². The van der Waals surface area contributed by atoms with E-state index < -0.39 is 0 Å². The highest BCUT2D eigenvalue weighted by Gasteiger charge is 2.16. The molecule has 0 aliphatic heterocycles. The molecule has 0 saturated carbocycles. The van der Waals surface area contributed by atoms with Gasteiger partial charge in [-0.25, -0.2) is 0 Å². The van der Waals surface area contributed by atoms with Gasteiger partial charge in [0.15, 0.2) is 0 Å². The van der Waals surface area contributed by atoms with Gasteiger partial charge in [-0.05, 0) is 19.1 Å². The number of benzene rings is 1. The molecule has 0 radical (unpaired) electrons. The minimum atomic E-state index is -0.263. The van der Waals surface area contributed by atoms with Gasteiger partial charge >= 0.3 is 0 Å². The molecule has 1 unspecified atom stereocenters. The summed E-state index contributed by atoms with van der Waals surface area (Å²) in [7, 11) is 3.25. The summed E-state index contributed by atoms with van der Waals surface area (Å²) < 4.78 is 12.4. The van der Waals surface area contributed by atoms with Crippen LogP contribution in [0.5, 0.6) is 11.5 Å². The van der Waals surface area contributed by atoms with E-state index in [4.69, 9.17) is 15.2 Å². The number of hydrogen-bond acceptors (Lipinski definition) is 4. The lowest BCUT2D eigenvalue weighted by Crippen LogP contribution is -2.12. The van der Waals surface area contributed by atoms with Crippen molar-refractivity contribution >= 4 is 0 Å². The number of methoxy groups -OCH3 is 2. The van der Waals surface area contributed by atoms with Gasteiger partial charge in [0.2, 0.25) is 0 Å². The number of hydrogen-bond donors (Lipinski definition) is 1. The fourth-order valence-corrected chi connectivity index (χ4v) is 1.97. The molecule has 0 saturated heterocycles. The molecule has 19 heavy (non-hydrogen) atoms. The summed E-state index contributed by atoms with van der Waals surface area (Å²) in [6, 6.07) is 5.37. The Bertz CT molecular complexity index is 551. The molecule has 1 heterocycles. The predicted molar refractivity (Wildman–Crippen MR) is 73.5 cm³/mol. The Morgan fingerprint density at radius 2 is 2.11 bits per heavy atom. The van der Waals surface area contributed by atoms with Gasteiger partial charge in [-0.15, -0.1) is 0 Å². The van der Waals surface area contributed by atoms with Crippen molar-refractivity contribution in [3.05, 3.63) is 41.7 Å². The van der Waals surface area contributed by atoms with E-state index in [-0.39, 0.29) is 6.04 Å². The Morgan fingerprint density at radius 3 is 2.68 bits per heavy atom. The Morgan fingerprint density at radius 1 is 1.32 bits per heavy atom. The summed E-state index contributed by atoms with van der Waals surface area (Å²) in [4.78, 5) is 0. The molecule has 1 aromatic carbocycles. The van der Waals surface area contributed by atoms with Gasteiger partial charge in [-0.3, -0.25) is 4.68 Å². The van der Waals surface area contributed by atoms with Crippen LogP contribution < -0.4 is 15.2 Å². The van der Waals surface area contributed by atoms with E-state index in [2.05, 4.69) is 5.10 Å². The Kier molecular flexibility index (Phi) is 4.06. The van der Waals surface area contributed by atoms with E-state index in [0.717, 1.165) is 29.2 Å². The van der Waals surface area contributed by atoms with Crippen LogP contribution in [0.1, 0.15) is 24.1 Å². The zero-order valence-corrected chi connectivity index (χ0v) is 11.5. The third-order valence-electron chi connectivity index (χ3n) is 3.11. The third kappa shape index (κ3) is 2.71. The van der Waals surface area contributed by atoms with E-state index in [1.807, 2.05) is 36.0 Å². The Hall–Kier alpha value is -2.01. The molecule has 102 valence electrons. The van der Waals surface area contributed by atoms with Crippen LogP contribution in [0, 0.1) is 0 Å². The van der Waals surface area contributed by atoms with Crippen molar-refractivity contribution in [1.29, 1.82) is 0 Å². The monoisotopic (exact) mass is 261 g/mol. The average molecular weight is 261 g/mol. The summed E-state index contributed by atoms with van der Waals surface area (Å²) in [5, 5.41) is 4.24. The van der Waals surface area contributed by atoms with Crippen LogP contribution >= 0.6 is 0 Å². The SMILES string of the molecule is CCn1cc(C(N)c2ccc(OC)cc2OC)cn1. The first-order valence-electron chi connectivity index (χ1n) is 6.19. The molecule has 0 bridgehead atoms. The molecular weight excluding hydrogens is 242 g/mol. The molecule has 1 atom stereocenters. The van der Waals surface area contributed by atoms with Crippen LogP contribution in [0.15, 0.2) is 30.6 Å². The zero-order chi connectivity index (χ0) is 13.8. The van der Waals surface area contributed by atoms with Crippen LogP contribution in [-0.2, 0) is 6.54 Å². The molecule has 2 N–H and O–H groups in total. The van der Waals surface area contributed by atoms with Gasteiger partial charge in [0.05, 0.1) is 26.5 Å². The largest absolute Gasteiger partial charge is 0.497 e. The van der Waals surface area contributed by atoms with Gasteiger partial charge in [0.25, 0.3) is 0 Å². The standard InChI is InChI=1S/C14H19N3O2/c1-4-17-9-10(8-16-17)14(15)12-6-5-11(18-2)7-13(12)19-3/h5-9,14H,4,15H2,1-3H3. The molecule has 0 aliphatic rings. The smallest absolute Gasteiger partial charge is 0.127 e. The van der Waals surface area contributed by atoms with Crippen LogP contribution in [0.2, 0.25) is 0 Å². The molecule has 5 nitrogen and oxygen atoms in total. The van der Waals surface area contributed by atoms with Crippen molar-refractivity contribution in [3.8, 4) is 11.5 Å². The second-order valence-corrected chi connectivity index (χ2v) is 4.21. The summed E-state index contributed by atoms with van der Waals surface area (Å²) in [5.41, 5.74) is 8.16.